The second kappa shape index (κ2) is 10.4. The van der Waals surface area contributed by atoms with Gasteiger partial charge in [0.1, 0.15) is 18.0 Å². The number of rotatable bonds is 9. The van der Waals surface area contributed by atoms with E-state index in [1.807, 2.05) is 0 Å². The first-order valence-electron chi connectivity index (χ1n) is 8.81. The number of ether oxygens (including phenoxy) is 3. The summed E-state index contributed by atoms with van der Waals surface area (Å²) >= 11 is 0. The summed E-state index contributed by atoms with van der Waals surface area (Å²) in [4.78, 5) is 26.1. The van der Waals surface area contributed by atoms with Crippen LogP contribution in [0.1, 0.15) is 13.3 Å². The van der Waals surface area contributed by atoms with Crippen LogP contribution in [0.3, 0.4) is 0 Å². The number of hydrogen-bond donors (Lipinski definition) is 2. The van der Waals surface area contributed by atoms with Crippen LogP contribution < -0.4 is 15.4 Å². The Balaban J connectivity index is 0.00000280. The largest absolute Gasteiger partial charge is 0.494 e. The molecular weight excluding hydrogens is 394 g/mol. The minimum absolute atomic E-state index is 0. The quantitative estimate of drug-likeness (QED) is 0.349. The van der Waals surface area contributed by atoms with Crippen molar-refractivity contribution in [2.75, 3.05) is 31.7 Å². The lowest BCUT2D eigenvalue weighted by Gasteiger charge is -2.17. The van der Waals surface area contributed by atoms with Gasteiger partial charge in [-0.2, -0.15) is 0 Å². The summed E-state index contributed by atoms with van der Waals surface area (Å²) in [5.41, 5.74) is 0.725. The maximum atomic E-state index is 11.0. The highest BCUT2D eigenvalue weighted by Gasteiger charge is 2.49. The minimum Gasteiger partial charge on any atom is -0.494 e. The van der Waals surface area contributed by atoms with E-state index in [-0.39, 0.29) is 37.1 Å². The molecule has 2 saturated heterocycles. The number of benzene rings is 1. The number of amides is 1. The van der Waals surface area contributed by atoms with Gasteiger partial charge in [0.25, 0.3) is 5.09 Å². The number of anilines is 1. The molecule has 2 N–H and O–H groups in total. The van der Waals surface area contributed by atoms with Gasteiger partial charge < -0.3 is 29.7 Å². The van der Waals surface area contributed by atoms with Crippen molar-refractivity contribution in [3.8, 4) is 5.75 Å². The van der Waals surface area contributed by atoms with Crippen molar-refractivity contribution in [2.24, 2.45) is 0 Å². The summed E-state index contributed by atoms with van der Waals surface area (Å²) in [5, 5.41) is 15.7. The molecule has 0 unspecified atom stereocenters. The summed E-state index contributed by atoms with van der Waals surface area (Å²) in [6, 6.07) is 7.15. The van der Waals surface area contributed by atoms with Crippen LogP contribution in [-0.2, 0) is 19.1 Å². The molecule has 156 valence electrons. The van der Waals surface area contributed by atoms with E-state index in [4.69, 9.17) is 14.2 Å². The van der Waals surface area contributed by atoms with E-state index in [1.54, 1.807) is 24.3 Å². The Morgan fingerprint density at radius 2 is 1.96 bits per heavy atom. The molecule has 0 radical (unpaired) electrons. The molecule has 4 atom stereocenters. The van der Waals surface area contributed by atoms with E-state index in [9.17, 15) is 14.9 Å². The summed E-state index contributed by atoms with van der Waals surface area (Å²) in [6.07, 6.45) is -0.542. The lowest BCUT2D eigenvalue weighted by molar-refractivity contribution is -0.769. The first kappa shape index (κ1) is 22.2. The van der Waals surface area contributed by atoms with E-state index >= 15 is 0 Å². The maximum absolute atomic E-state index is 11.0. The fraction of sp³-hybridized carbons (Fsp3) is 0.588. The van der Waals surface area contributed by atoms with Gasteiger partial charge in [0.2, 0.25) is 5.91 Å². The first-order chi connectivity index (χ1) is 13.0. The molecule has 0 aromatic heterocycles. The van der Waals surface area contributed by atoms with E-state index in [1.165, 1.54) is 6.92 Å². The highest BCUT2D eigenvalue weighted by atomic mass is 35.5. The van der Waals surface area contributed by atoms with E-state index in [2.05, 4.69) is 15.5 Å². The smallest absolute Gasteiger partial charge is 0.294 e. The Hall–Kier alpha value is -2.14. The number of carbonyl (C=O) groups is 1. The van der Waals surface area contributed by atoms with Crippen LogP contribution >= 0.6 is 12.4 Å². The molecular formula is C17H24ClN3O7. The third-order valence-electron chi connectivity index (χ3n) is 4.40. The van der Waals surface area contributed by atoms with Crippen LogP contribution in [0.2, 0.25) is 0 Å². The van der Waals surface area contributed by atoms with Crippen molar-refractivity contribution >= 4 is 24.0 Å². The lowest BCUT2D eigenvalue weighted by atomic mass is 10.1. The molecule has 0 bridgehead atoms. The van der Waals surface area contributed by atoms with Crippen LogP contribution in [-0.4, -0.2) is 61.7 Å². The number of carbonyl (C=O) groups excluding carboxylic acids is 1. The summed E-state index contributed by atoms with van der Waals surface area (Å²) < 4.78 is 16.8. The molecule has 1 aromatic carbocycles. The molecule has 1 amide bonds. The zero-order valence-electron chi connectivity index (χ0n) is 15.4. The Morgan fingerprint density at radius 3 is 2.64 bits per heavy atom. The number of hydrogen-bond acceptors (Lipinski definition) is 8. The van der Waals surface area contributed by atoms with E-state index in [0.29, 0.717) is 19.8 Å². The molecule has 0 aliphatic carbocycles. The molecule has 11 heteroatoms. The Bertz CT molecular complexity index is 661. The van der Waals surface area contributed by atoms with Crippen LogP contribution in [0, 0.1) is 10.1 Å². The summed E-state index contributed by atoms with van der Waals surface area (Å²) in [7, 11) is 0. The van der Waals surface area contributed by atoms with Crippen LogP contribution in [0.4, 0.5) is 5.69 Å². The molecule has 0 saturated carbocycles. The molecule has 0 spiro atoms. The van der Waals surface area contributed by atoms with Crippen molar-refractivity contribution < 1.29 is 28.9 Å². The average Bonchev–Trinajstić information content (AvgIpc) is 3.19. The van der Waals surface area contributed by atoms with Crippen molar-refractivity contribution in [1.29, 1.82) is 0 Å². The average molecular weight is 418 g/mol. The van der Waals surface area contributed by atoms with Gasteiger partial charge in [0, 0.05) is 12.6 Å². The topological polar surface area (TPSA) is 121 Å². The third kappa shape index (κ3) is 5.93. The van der Waals surface area contributed by atoms with Gasteiger partial charge in [-0.1, -0.05) is 0 Å². The van der Waals surface area contributed by atoms with Crippen molar-refractivity contribution in [2.45, 2.75) is 37.7 Å². The summed E-state index contributed by atoms with van der Waals surface area (Å²) in [6.45, 7) is 3.28. The second-order valence-corrected chi connectivity index (χ2v) is 6.43. The second-order valence-electron chi connectivity index (χ2n) is 6.43. The van der Waals surface area contributed by atoms with Gasteiger partial charge >= 0.3 is 0 Å². The summed E-state index contributed by atoms with van der Waals surface area (Å²) in [5.74, 6) is 0.614. The molecule has 2 aliphatic rings. The van der Waals surface area contributed by atoms with Crippen molar-refractivity contribution in [3.63, 3.8) is 0 Å². The molecule has 2 heterocycles. The Kier molecular flexibility index (Phi) is 8.24. The zero-order chi connectivity index (χ0) is 19.2. The Morgan fingerprint density at radius 1 is 1.25 bits per heavy atom. The number of nitrogens with one attached hydrogen (secondary N) is 2. The number of fused-ring (bicyclic) bond motifs is 1. The van der Waals surface area contributed by atoms with Gasteiger partial charge in [0.05, 0.1) is 25.9 Å². The third-order valence-corrected chi connectivity index (χ3v) is 4.40. The van der Waals surface area contributed by atoms with Crippen LogP contribution in [0.15, 0.2) is 24.3 Å². The van der Waals surface area contributed by atoms with Gasteiger partial charge in [-0.25, -0.2) is 0 Å². The SMILES string of the molecule is CC(=O)Nc1ccc(OCCCN[C@H]2CO[C@H]3[C@@H]2OC[C@@H]3O[N+](=O)[O-])cc1.Cl. The lowest BCUT2D eigenvalue weighted by Crippen LogP contribution is -2.42. The molecule has 10 nitrogen and oxygen atoms in total. The molecule has 2 aliphatic heterocycles. The van der Waals surface area contributed by atoms with Gasteiger partial charge in [-0.15, -0.1) is 22.5 Å². The standard InChI is InChI=1S/C17H23N3O7.ClH/c1-11(21)19-12-3-5-13(6-4-12)24-8-2-7-18-14-9-25-17-15(27-20(22)23)10-26-16(14)17;/h3-6,14-18H,2,7-10H2,1H3,(H,19,21);1H/t14-,15-,16+,17+;/m0./s1. The minimum atomic E-state index is -0.805. The van der Waals surface area contributed by atoms with Gasteiger partial charge in [0.15, 0.2) is 6.10 Å². The first-order valence-corrected chi connectivity index (χ1v) is 8.81. The van der Waals surface area contributed by atoms with Crippen molar-refractivity contribution in [3.05, 3.63) is 34.4 Å². The van der Waals surface area contributed by atoms with E-state index in [0.717, 1.165) is 17.9 Å². The van der Waals surface area contributed by atoms with Crippen molar-refractivity contribution in [1.82, 2.24) is 5.32 Å². The van der Waals surface area contributed by atoms with Gasteiger partial charge in [-0.05, 0) is 37.2 Å². The fourth-order valence-corrected chi connectivity index (χ4v) is 3.23. The number of halogens is 1. The molecule has 1 aromatic rings. The predicted molar refractivity (Wildman–Crippen MR) is 101 cm³/mol. The number of nitrogens with zero attached hydrogens (tertiary/aromatic N) is 1. The Labute approximate surface area is 168 Å². The van der Waals surface area contributed by atoms with E-state index < -0.39 is 17.3 Å². The predicted octanol–water partition coefficient (Wildman–Crippen LogP) is 1.17. The zero-order valence-corrected chi connectivity index (χ0v) is 16.2. The highest BCUT2D eigenvalue weighted by Crippen LogP contribution is 2.28. The highest BCUT2D eigenvalue weighted by molar-refractivity contribution is 5.88. The molecule has 2 fully saturated rings. The maximum Gasteiger partial charge on any atom is 0.294 e. The molecule has 28 heavy (non-hydrogen) atoms. The fourth-order valence-electron chi connectivity index (χ4n) is 3.23. The molecule has 3 rings (SSSR count). The van der Waals surface area contributed by atoms with Gasteiger partial charge in [-0.3, -0.25) is 4.79 Å². The van der Waals surface area contributed by atoms with Crippen LogP contribution in [0.25, 0.3) is 0 Å². The normalized spacial score (nSPS) is 25.5. The van der Waals surface area contributed by atoms with Crippen LogP contribution in [0.5, 0.6) is 5.75 Å². The monoisotopic (exact) mass is 417 g/mol.